The molecule has 0 radical (unpaired) electrons. The van der Waals surface area contributed by atoms with Crippen molar-refractivity contribution in [1.29, 1.82) is 0 Å². The predicted octanol–water partition coefficient (Wildman–Crippen LogP) is 4.71. The number of amides is 1. The molecule has 0 spiro atoms. The van der Waals surface area contributed by atoms with Gasteiger partial charge in [0.25, 0.3) is 0 Å². The molecule has 1 atom stereocenters. The fraction of sp³-hybridized carbons (Fsp3) is 0.350. The number of halogens is 4. The van der Waals surface area contributed by atoms with E-state index in [2.05, 4.69) is 5.32 Å². The number of anilines is 1. The molecule has 5 nitrogen and oxygen atoms in total. The average molecular weight is 461 g/mol. The van der Waals surface area contributed by atoms with Crippen LogP contribution in [-0.4, -0.2) is 31.7 Å². The number of nitrogens with zero attached hydrogens (tertiary/aromatic N) is 1. The van der Waals surface area contributed by atoms with Crippen LogP contribution >= 0.6 is 11.6 Å². The lowest BCUT2D eigenvalue weighted by Crippen LogP contribution is -2.43. The van der Waals surface area contributed by atoms with Crippen molar-refractivity contribution >= 4 is 33.2 Å². The van der Waals surface area contributed by atoms with Crippen molar-refractivity contribution in [2.24, 2.45) is 5.92 Å². The number of carbonyl (C=O) groups excluding carboxylic acids is 1. The van der Waals surface area contributed by atoms with E-state index in [1.807, 2.05) is 6.92 Å². The summed E-state index contributed by atoms with van der Waals surface area (Å²) in [5.41, 5.74) is -0.171. The van der Waals surface area contributed by atoms with Crippen molar-refractivity contribution in [3.05, 3.63) is 58.6 Å². The first-order valence-electron chi connectivity index (χ1n) is 9.23. The van der Waals surface area contributed by atoms with Crippen molar-refractivity contribution in [3.8, 4) is 0 Å². The molecule has 0 saturated carbocycles. The number of benzene rings is 2. The van der Waals surface area contributed by atoms with Gasteiger partial charge in [-0.15, -0.1) is 0 Å². The van der Waals surface area contributed by atoms with E-state index in [0.717, 1.165) is 17.7 Å². The molecule has 0 bridgehead atoms. The van der Waals surface area contributed by atoms with Crippen molar-refractivity contribution in [2.75, 3.05) is 18.4 Å². The third-order valence-corrected chi connectivity index (χ3v) is 7.16. The van der Waals surface area contributed by atoms with Crippen LogP contribution in [0.4, 0.5) is 18.9 Å². The zero-order valence-electron chi connectivity index (χ0n) is 16.0. The van der Waals surface area contributed by atoms with Gasteiger partial charge in [-0.05, 0) is 50.1 Å². The summed E-state index contributed by atoms with van der Waals surface area (Å²) in [5, 5.41) is 1.99. The molecular formula is C20H20ClF3N2O3S. The molecule has 2 aromatic carbocycles. The minimum absolute atomic E-state index is 0.0399. The largest absolute Gasteiger partial charge is 0.417 e. The summed E-state index contributed by atoms with van der Waals surface area (Å²) in [6, 6.07) is 9.53. The molecule has 30 heavy (non-hydrogen) atoms. The van der Waals surface area contributed by atoms with E-state index >= 15 is 0 Å². The zero-order valence-corrected chi connectivity index (χ0v) is 17.6. The summed E-state index contributed by atoms with van der Waals surface area (Å²) in [5.74, 6) is -1.21. The Morgan fingerprint density at radius 2 is 1.83 bits per heavy atom. The molecule has 1 amide bonds. The second-order valence-corrected chi connectivity index (χ2v) is 9.54. The highest BCUT2D eigenvalue weighted by Gasteiger charge is 2.35. The minimum atomic E-state index is -4.65. The average Bonchev–Trinajstić information content (AvgIpc) is 2.69. The SMILES string of the molecule is Cc1ccc(S(=O)(=O)N2CCC[C@@H](C(=O)Nc3ccc(Cl)c(C(F)(F)F)c3)C2)cc1. The van der Waals surface area contributed by atoms with Crippen molar-refractivity contribution < 1.29 is 26.4 Å². The Balaban J connectivity index is 1.74. The highest BCUT2D eigenvalue weighted by atomic mass is 35.5. The highest BCUT2D eigenvalue weighted by Crippen LogP contribution is 2.36. The van der Waals surface area contributed by atoms with Crippen LogP contribution in [0.25, 0.3) is 0 Å². The molecule has 2 aromatic rings. The smallest absolute Gasteiger partial charge is 0.326 e. The molecule has 1 aliphatic rings. The molecule has 162 valence electrons. The molecule has 1 heterocycles. The number of nitrogens with one attached hydrogen (secondary N) is 1. The molecule has 1 fully saturated rings. The van der Waals surface area contributed by atoms with E-state index in [1.54, 1.807) is 12.1 Å². The maximum absolute atomic E-state index is 13.0. The van der Waals surface area contributed by atoms with Gasteiger partial charge in [-0.3, -0.25) is 4.79 Å². The minimum Gasteiger partial charge on any atom is -0.326 e. The lowest BCUT2D eigenvalue weighted by molar-refractivity contribution is -0.137. The Bertz CT molecular complexity index is 1040. The van der Waals surface area contributed by atoms with E-state index in [0.29, 0.717) is 12.8 Å². The Morgan fingerprint density at radius 3 is 2.47 bits per heavy atom. The van der Waals surface area contributed by atoms with E-state index in [9.17, 15) is 26.4 Å². The third-order valence-electron chi connectivity index (χ3n) is 4.95. The van der Waals surface area contributed by atoms with Gasteiger partial charge in [0.15, 0.2) is 0 Å². The summed E-state index contributed by atoms with van der Waals surface area (Å²) in [6.45, 7) is 2.08. The fourth-order valence-corrected chi connectivity index (χ4v) is 5.05. The Hall–Kier alpha value is -2.10. The van der Waals surface area contributed by atoms with Gasteiger partial charge in [0.1, 0.15) is 0 Å². The number of piperidine rings is 1. The number of aryl methyl sites for hydroxylation is 1. The quantitative estimate of drug-likeness (QED) is 0.718. The van der Waals surface area contributed by atoms with Gasteiger partial charge in [0.05, 0.1) is 21.4 Å². The summed E-state index contributed by atoms with van der Waals surface area (Å²) in [4.78, 5) is 12.8. The maximum atomic E-state index is 13.0. The molecule has 1 saturated heterocycles. The van der Waals surface area contributed by atoms with Crippen LogP contribution in [0.15, 0.2) is 47.4 Å². The van der Waals surface area contributed by atoms with E-state index in [4.69, 9.17) is 11.6 Å². The van der Waals surface area contributed by atoms with Crippen LogP contribution < -0.4 is 5.32 Å². The van der Waals surface area contributed by atoms with Crippen LogP contribution in [0.3, 0.4) is 0 Å². The van der Waals surface area contributed by atoms with Crippen LogP contribution in [0.1, 0.15) is 24.0 Å². The van der Waals surface area contributed by atoms with Gasteiger partial charge in [0, 0.05) is 18.8 Å². The molecule has 0 aliphatic carbocycles. The summed E-state index contributed by atoms with van der Waals surface area (Å²) in [6.07, 6.45) is -3.75. The topological polar surface area (TPSA) is 66.5 Å². The van der Waals surface area contributed by atoms with Gasteiger partial charge in [-0.2, -0.15) is 17.5 Å². The van der Waals surface area contributed by atoms with Crippen molar-refractivity contribution in [1.82, 2.24) is 4.31 Å². The first-order valence-corrected chi connectivity index (χ1v) is 11.0. The normalized spacial score (nSPS) is 18.2. The Morgan fingerprint density at radius 1 is 1.17 bits per heavy atom. The Labute approximate surface area is 177 Å². The monoisotopic (exact) mass is 460 g/mol. The maximum Gasteiger partial charge on any atom is 0.417 e. The van der Waals surface area contributed by atoms with Crippen molar-refractivity contribution in [2.45, 2.75) is 30.8 Å². The predicted molar refractivity (Wildman–Crippen MR) is 108 cm³/mol. The van der Waals surface area contributed by atoms with Crippen LogP contribution in [0.5, 0.6) is 0 Å². The number of alkyl halides is 3. The third kappa shape index (κ3) is 4.96. The second kappa shape index (κ2) is 8.56. The number of carbonyl (C=O) groups is 1. The number of rotatable bonds is 4. The van der Waals surface area contributed by atoms with Gasteiger partial charge >= 0.3 is 6.18 Å². The summed E-state index contributed by atoms with van der Waals surface area (Å²) in [7, 11) is -3.76. The van der Waals surface area contributed by atoms with Crippen LogP contribution in [-0.2, 0) is 21.0 Å². The standard InChI is InChI=1S/C20H20ClF3N2O3S/c1-13-4-7-16(8-5-13)30(28,29)26-10-2-3-14(12-26)19(27)25-15-6-9-18(21)17(11-15)20(22,23)24/h4-9,11,14H,2-3,10,12H2,1H3,(H,25,27)/t14-/m1/s1. The van der Waals surface area contributed by atoms with Gasteiger partial charge in [-0.25, -0.2) is 8.42 Å². The summed E-state index contributed by atoms with van der Waals surface area (Å²) < 4.78 is 66.0. The number of hydrogen-bond donors (Lipinski definition) is 1. The first-order chi connectivity index (χ1) is 14.0. The van der Waals surface area contributed by atoms with Gasteiger partial charge in [-0.1, -0.05) is 29.3 Å². The molecule has 3 rings (SSSR count). The van der Waals surface area contributed by atoms with E-state index in [1.165, 1.54) is 22.5 Å². The molecular weight excluding hydrogens is 441 g/mol. The summed E-state index contributed by atoms with van der Waals surface area (Å²) >= 11 is 5.60. The van der Waals surface area contributed by atoms with Crippen LogP contribution in [0, 0.1) is 12.8 Å². The number of hydrogen-bond acceptors (Lipinski definition) is 3. The molecule has 0 aromatic heterocycles. The zero-order chi connectivity index (χ0) is 22.1. The van der Waals surface area contributed by atoms with E-state index < -0.39 is 38.6 Å². The van der Waals surface area contributed by atoms with Gasteiger partial charge < -0.3 is 5.32 Å². The lowest BCUT2D eigenvalue weighted by Gasteiger charge is -2.31. The molecule has 0 unspecified atom stereocenters. The molecule has 1 aliphatic heterocycles. The second-order valence-electron chi connectivity index (χ2n) is 7.20. The number of sulfonamides is 1. The first kappa shape index (κ1) is 22.6. The van der Waals surface area contributed by atoms with E-state index in [-0.39, 0.29) is 23.7 Å². The highest BCUT2D eigenvalue weighted by molar-refractivity contribution is 7.89. The van der Waals surface area contributed by atoms with Crippen molar-refractivity contribution in [3.63, 3.8) is 0 Å². The lowest BCUT2D eigenvalue weighted by atomic mass is 9.98. The molecule has 1 N–H and O–H groups in total. The van der Waals surface area contributed by atoms with Crippen LogP contribution in [0.2, 0.25) is 5.02 Å². The fourth-order valence-electron chi connectivity index (χ4n) is 3.30. The Kier molecular flexibility index (Phi) is 6.45. The molecule has 10 heteroatoms. The van der Waals surface area contributed by atoms with Gasteiger partial charge in [0.2, 0.25) is 15.9 Å².